The maximum Gasteiger partial charge on any atom is 0.350 e. The summed E-state index contributed by atoms with van der Waals surface area (Å²) >= 11 is 1.24. The van der Waals surface area contributed by atoms with E-state index in [1.54, 1.807) is 6.21 Å². The SMILES string of the molecule is CCc1nc(N/N=C\c2c[nH]c3ccccc23)sc1C(=O)OC. The first kappa shape index (κ1) is 15.2. The zero-order valence-corrected chi connectivity index (χ0v) is 13.6. The van der Waals surface area contributed by atoms with Crippen LogP contribution in [0.2, 0.25) is 0 Å². The number of carbonyl (C=O) groups excluding carboxylic acids is 1. The van der Waals surface area contributed by atoms with Crippen molar-refractivity contribution < 1.29 is 9.53 Å². The number of esters is 1. The van der Waals surface area contributed by atoms with E-state index in [1.807, 2.05) is 37.4 Å². The largest absolute Gasteiger partial charge is 0.465 e. The summed E-state index contributed by atoms with van der Waals surface area (Å²) in [5.41, 5.74) is 5.63. The Hall–Kier alpha value is -2.67. The van der Waals surface area contributed by atoms with Gasteiger partial charge in [-0.15, -0.1) is 0 Å². The average molecular weight is 328 g/mol. The lowest BCUT2D eigenvalue weighted by molar-refractivity contribution is 0.0605. The highest BCUT2D eigenvalue weighted by Gasteiger charge is 2.17. The molecule has 0 bridgehead atoms. The predicted molar refractivity (Wildman–Crippen MR) is 92.3 cm³/mol. The summed E-state index contributed by atoms with van der Waals surface area (Å²) in [7, 11) is 1.36. The van der Waals surface area contributed by atoms with Crippen LogP contribution in [0.5, 0.6) is 0 Å². The van der Waals surface area contributed by atoms with Gasteiger partial charge < -0.3 is 9.72 Å². The van der Waals surface area contributed by atoms with Crippen LogP contribution < -0.4 is 5.43 Å². The number of benzene rings is 1. The van der Waals surface area contributed by atoms with Gasteiger partial charge in [-0.05, 0) is 12.5 Å². The fourth-order valence-corrected chi connectivity index (χ4v) is 3.17. The molecular weight excluding hydrogens is 312 g/mol. The molecule has 2 N–H and O–H groups in total. The van der Waals surface area contributed by atoms with Crippen molar-refractivity contribution in [3.63, 3.8) is 0 Å². The Labute approximate surface area is 137 Å². The number of aromatic nitrogens is 2. The molecule has 0 spiro atoms. The van der Waals surface area contributed by atoms with Gasteiger partial charge in [0.2, 0.25) is 5.13 Å². The minimum Gasteiger partial charge on any atom is -0.465 e. The number of hydrazone groups is 1. The smallest absolute Gasteiger partial charge is 0.350 e. The summed E-state index contributed by atoms with van der Waals surface area (Å²) in [4.78, 5) is 19.8. The zero-order chi connectivity index (χ0) is 16.2. The molecule has 0 saturated heterocycles. The Morgan fingerprint density at radius 1 is 1.48 bits per heavy atom. The Bertz CT molecular complexity index is 866. The number of nitrogens with zero attached hydrogens (tertiary/aromatic N) is 2. The van der Waals surface area contributed by atoms with Crippen LogP contribution in [0, 0.1) is 0 Å². The van der Waals surface area contributed by atoms with Gasteiger partial charge in [0.05, 0.1) is 19.0 Å². The molecule has 118 valence electrons. The number of hydrogen-bond acceptors (Lipinski definition) is 6. The van der Waals surface area contributed by atoms with Crippen molar-refractivity contribution in [3.8, 4) is 0 Å². The van der Waals surface area contributed by atoms with Crippen LogP contribution in [0.4, 0.5) is 5.13 Å². The van der Waals surface area contributed by atoms with E-state index >= 15 is 0 Å². The topological polar surface area (TPSA) is 79.4 Å². The fourth-order valence-electron chi connectivity index (χ4n) is 2.25. The molecule has 2 aromatic heterocycles. The van der Waals surface area contributed by atoms with Crippen molar-refractivity contribution in [1.29, 1.82) is 0 Å². The maximum atomic E-state index is 11.7. The van der Waals surface area contributed by atoms with Gasteiger partial charge in [0.1, 0.15) is 4.88 Å². The summed E-state index contributed by atoms with van der Waals surface area (Å²) in [6, 6.07) is 8.00. The van der Waals surface area contributed by atoms with Crippen molar-refractivity contribution >= 4 is 39.6 Å². The number of anilines is 1. The standard InChI is InChI=1S/C16H16N4O2S/c1-3-12-14(15(21)22-2)23-16(19-12)20-18-9-10-8-17-13-7-5-4-6-11(10)13/h4-9,17H,3H2,1-2H3,(H,19,20)/b18-9-. The number of aryl methyl sites for hydroxylation is 1. The number of rotatable bonds is 5. The zero-order valence-electron chi connectivity index (χ0n) is 12.8. The molecule has 3 rings (SSSR count). The molecule has 0 aliphatic heterocycles. The van der Waals surface area contributed by atoms with Crippen LogP contribution in [-0.2, 0) is 11.2 Å². The molecule has 7 heteroatoms. The van der Waals surface area contributed by atoms with E-state index < -0.39 is 0 Å². The third-order valence-electron chi connectivity index (χ3n) is 3.39. The number of para-hydroxylation sites is 1. The molecule has 0 fully saturated rings. The van der Waals surface area contributed by atoms with E-state index in [9.17, 15) is 4.79 Å². The van der Waals surface area contributed by atoms with E-state index in [2.05, 4.69) is 20.5 Å². The van der Waals surface area contributed by atoms with Gasteiger partial charge in [-0.1, -0.05) is 36.5 Å². The van der Waals surface area contributed by atoms with Crippen LogP contribution >= 0.6 is 11.3 Å². The fraction of sp³-hybridized carbons (Fsp3) is 0.188. The first-order valence-electron chi connectivity index (χ1n) is 7.16. The lowest BCUT2D eigenvalue weighted by atomic mass is 10.2. The molecule has 0 radical (unpaired) electrons. The summed E-state index contributed by atoms with van der Waals surface area (Å²) in [6.07, 6.45) is 4.29. The quantitative estimate of drug-likeness (QED) is 0.427. The van der Waals surface area contributed by atoms with Gasteiger partial charge >= 0.3 is 5.97 Å². The molecule has 0 atom stereocenters. The predicted octanol–water partition coefficient (Wildman–Crippen LogP) is 3.42. The second kappa shape index (κ2) is 6.62. The van der Waals surface area contributed by atoms with Crippen LogP contribution in [0.3, 0.4) is 0 Å². The van der Waals surface area contributed by atoms with Gasteiger partial charge in [0.25, 0.3) is 0 Å². The second-order valence-electron chi connectivity index (χ2n) is 4.80. The number of carbonyl (C=O) groups is 1. The minimum absolute atomic E-state index is 0.368. The molecule has 0 amide bonds. The highest BCUT2D eigenvalue weighted by Crippen LogP contribution is 2.24. The van der Waals surface area contributed by atoms with Crippen molar-refractivity contribution in [2.24, 2.45) is 5.10 Å². The molecule has 2 heterocycles. The van der Waals surface area contributed by atoms with E-state index in [0.717, 1.165) is 16.5 Å². The molecule has 0 aliphatic rings. The molecule has 6 nitrogen and oxygen atoms in total. The number of methoxy groups -OCH3 is 1. The third-order valence-corrected chi connectivity index (χ3v) is 4.37. The number of ether oxygens (including phenoxy) is 1. The van der Waals surface area contributed by atoms with Crippen molar-refractivity contribution in [2.45, 2.75) is 13.3 Å². The Morgan fingerprint density at radius 2 is 2.30 bits per heavy atom. The van der Waals surface area contributed by atoms with E-state index in [4.69, 9.17) is 4.74 Å². The molecule has 23 heavy (non-hydrogen) atoms. The van der Waals surface area contributed by atoms with Gasteiger partial charge in [0.15, 0.2) is 0 Å². The second-order valence-corrected chi connectivity index (χ2v) is 5.80. The molecular formula is C16H16N4O2S. The molecule has 0 aliphatic carbocycles. The van der Waals surface area contributed by atoms with E-state index in [-0.39, 0.29) is 5.97 Å². The molecule has 3 aromatic rings. The average Bonchev–Trinajstić information content (AvgIpc) is 3.18. The molecule has 1 aromatic carbocycles. The van der Waals surface area contributed by atoms with Crippen LogP contribution in [0.1, 0.15) is 27.9 Å². The van der Waals surface area contributed by atoms with Gasteiger partial charge in [-0.25, -0.2) is 9.78 Å². The number of hydrogen-bond donors (Lipinski definition) is 2. The van der Waals surface area contributed by atoms with Crippen molar-refractivity contribution in [1.82, 2.24) is 9.97 Å². The summed E-state index contributed by atoms with van der Waals surface area (Å²) in [6.45, 7) is 1.94. The Balaban J connectivity index is 1.78. The monoisotopic (exact) mass is 328 g/mol. The first-order chi connectivity index (χ1) is 11.2. The normalized spacial score (nSPS) is 11.2. The lowest BCUT2D eigenvalue weighted by Crippen LogP contribution is -2.01. The maximum absolute atomic E-state index is 11.7. The summed E-state index contributed by atoms with van der Waals surface area (Å²) in [5, 5.41) is 5.88. The number of thiazole rings is 1. The first-order valence-corrected chi connectivity index (χ1v) is 7.97. The van der Waals surface area contributed by atoms with Crippen LogP contribution in [-0.4, -0.2) is 29.3 Å². The highest BCUT2D eigenvalue weighted by atomic mass is 32.1. The Kier molecular flexibility index (Phi) is 4.38. The number of fused-ring (bicyclic) bond motifs is 1. The molecule has 0 unspecified atom stereocenters. The number of H-pyrrole nitrogens is 1. The summed E-state index contributed by atoms with van der Waals surface area (Å²) in [5.74, 6) is -0.368. The van der Waals surface area contributed by atoms with Gasteiger partial charge in [-0.2, -0.15) is 5.10 Å². The number of nitrogens with one attached hydrogen (secondary N) is 2. The Morgan fingerprint density at radius 3 is 3.09 bits per heavy atom. The summed E-state index contributed by atoms with van der Waals surface area (Å²) < 4.78 is 4.76. The van der Waals surface area contributed by atoms with E-state index in [0.29, 0.717) is 22.1 Å². The van der Waals surface area contributed by atoms with E-state index in [1.165, 1.54) is 18.4 Å². The third kappa shape index (κ3) is 3.09. The van der Waals surface area contributed by atoms with Crippen molar-refractivity contribution in [2.75, 3.05) is 12.5 Å². The van der Waals surface area contributed by atoms with Crippen LogP contribution in [0.25, 0.3) is 10.9 Å². The van der Waals surface area contributed by atoms with Crippen LogP contribution in [0.15, 0.2) is 35.6 Å². The van der Waals surface area contributed by atoms with Gasteiger partial charge in [-0.3, -0.25) is 5.43 Å². The van der Waals surface area contributed by atoms with Gasteiger partial charge in [0, 0.05) is 22.7 Å². The lowest BCUT2D eigenvalue weighted by Gasteiger charge is -1.95. The number of aromatic amines is 1. The minimum atomic E-state index is -0.368. The molecule has 0 saturated carbocycles. The highest BCUT2D eigenvalue weighted by molar-refractivity contribution is 7.17. The van der Waals surface area contributed by atoms with Crippen molar-refractivity contribution in [3.05, 3.63) is 46.6 Å².